The van der Waals surface area contributed by atoms with E-state index in [4.69, 9.17) is 24.0 Å². The summed E-state index contributed by atoms with van der Waals surface area (Å²) in [5.41, 5.74) is 5.07. The molecule has 5 aliphatic heterocycles. The van der Waals surface area contributed by atoms with E-state index in [1.54, 1.807) is 36.3 Å². The molecular weight excluding hydrogens is 941 g/mol. The van der Waals surface area contributed by atoms with E-state index in [9.17, 15) is 37.5 Å². The van der Waals surface area contributed by atoms with Crippen LogP contribution in [0.4, 0.5) is 30.8 Å². The van der Waals surface area contributed by atoms with Gasteiger partial charge in [0.2, 0.25) is 17.7 Å². The van der Waals surface area contributed by atoms with Gasteiger partial charge in [0.05, 0.1) is 69.6 Å². The smallest absolute Gasteiger partial charge is 0.317 e. The number of carbonyl (C=O) groups is 6. The van der Waals surface area contributed by atoms with Crippen LogP contribution in [0.25, 0.3) is 11.1 Å². The number of ether oxygens (including phenoxy) is 4. The second kappa shape index (κ2) is 22.7. The Balaban J connectivity index is 0.698. The van der Waals surface area contributed by atoms with E-state index in [0.29, 0.717) is 100 Å². The molecule has 0 spiro atoms. The van der Waals surface area contributed by atoms with Crippen molar-refractivity contribution in [2.24, 2.45) is 0 Å². The summed E-state index contributed by atoms with van der Waals surface area (Å²) < 4.78 is 55.9. The van der Waals surface area contributed by atoms with Crippen molar-refractivity contribution in [3.05, 3.63) is 76.2 Å². The minimum Gasteiger partial charge on any atom is -0.382 e. The van der Waals surface area contributed by atoms with Crippen molar-refractivity contribution < 1.29 is 56.5 Å². The van der Waals surface area contributed by atoms with Crippen molar-refractivity contribution in [3.63, 3.8) is 0 Å². The molecule has 21 nitrogen and oxygen atoms in total. The number of piperidine rings is 1. The molecule has 4 N–H and O–H groups in total. The highest BCUT2D eigenvalue weighted by atomic mass is 19.3. The summed E-state index contributed by atoms with van der Waals surface area (Å²) in [6.07, 6.45) is 4.16. The maximum atomic E-state index is 15.0. The molecule has 2 saturated heterocycles. The van der Waals surface area contributed by atoms with E-state index in [0.717, 1.165) is 41.0 Å². The number of benzene rings is 2. The van der Waals surface area contributed by atoms with Gasteiger partial charge in [-0.25, -0.2) is 13.6 Å². The van der Waals surface area contributed by atoms with Crippen LogP contribution < -0.4 is 26.2 Å². The number of nitrogens with zero attached hydrogens (tertiary/aromatic N) is 7. The number of amides is 7. The van der Waals surface area contributed by atoms with E-state index < -0.39 is 36.1 Å². The largest absolute Gasteiger partial charge is 0.382 e. The van der Waals surface area contributed by atoms with Crippen LogP contribution >= 0.6 is 0 Å². The molecule has 2 aromatic heterocycles. The molecule has 7 amide bonds. The third-order valence-electron chi connectivity index (χ3n) is 13.6. The third-order valence-corrected chi connectivity index (χ3v) is 13.6. The van der Waals surface area contributed by atoms with Gasteiger partial charge in [0.25, 0.3) is 18.2 Å². The zero-order chi connectivity index (χ0) is 50.3. The van der Waals surface area contributed by atoms with Crippen LogP contribution in [-0.2, 0) is 59.3 Å². The number of hydrogen-bond donors (Lipinski definition) is 4. The number of hydrogen-bond acceptors (Lipinski definition) is 14. The summed E-state index contributed by atoms with van der Waals surface area (Å²) >= 11 is 0. The van der Waals surface area contributed by atoms with Crippen molar-refractivity contribution in [2.45, 2.75) is 76.5 Å². The molecule has 9 rings (SSSR count). The Morgan fingerprint density at radius 3 is 2.42 bits per heavy atom. The first-order valence-electron chi connectivity index (χ1n) is 24.5. The van der Waals surface area contributed by atoms with Gasteiger partial charge < -0.3 is 44.7 Å². The summed E-state index contributed by atoms with van der Waals surface area (Å²) in [4.78, 5) is 80.6. The molecule has 0 radical (unpaired) electrons. The predicted molar refractivity (Wildman–Crippen MR) is 255 cm³/mol. The normalized spacial score (nSPS) is 18.1. The Kier molecular flexibility index (Phi) is 15.8. The fourth-order valence-corrected chi connectivity index (χ4v) is 10.0. The number of rotatable bonds is 20. The van der Waals surface area contributed by atoms with E-state index in [-0.39, 0.29) is 80.4 Å². The topological polar surface area (TPSA) is 233 Å². The number of nitrogens with one attached hydrogen (secondary N) is 4. The van der Waals surface area contributed by atoms with Gasteiger partial charge in [-0.15, -0.1) is 0 Å². The molecule has 2 fully saturated rings. The molecule has 1 unspecified atom stereocenters. The van der Waals surface area contributed by atoms with Gasteiger partial charge in [-0.2, -0.15) is 10.2 Å². The highest BCUT2D eigenvalue weighted by molar-refractivity contribution is 6.25. The van der Waals surface area contributed by atoms with Crippen molar-refractivity contribution in [1.29, 1.82) is 0 Å². The Bertz CT molecular complexity index is 2690. The number of halogens is 2. The standard InChI is InChI=1S/C49H59F2N11O10/c1-52-49(68)58-15-9-38-36(28-58)45(57-62(38)32-10-16-69-17-11-32)60-14-3-4-30-24-34(35(44(50)51)25-40(30)60)31-26-55-59(27-31)29-42(64)54-13-19-71-21-23-72-22-20-70-18-12-53-37-6-2-5-33-43(37)48(67)61(47(33)66)39-7-8-41(63)56-46(39)65/h2,5-6,24-27,32,39,44,53H,3-4,7-23,28-29H2,1H3,(H,52,68)(H,54,64)(H,56,63,65). The van der Waals surface area contributed by atoms with Crippen LogP contribution in [0.3, 0.4) is 0 Å². The number of anilines is 3. The molecule has 23 heteroatoms. The zero-order valence-electron chi connectivity index (χ0n) is 40.1. The molecule has 2 aromatic carbocycles. The van der Waals surface area contributed by atoms with Gasteiger partial charge in [0, 0.05) is 99.2 Å². The number of carbonyl (C=O) groups excluding carboxylic acids is 6. The highest BCUT2D eigenvalue weighted by Gasteiger charge is 2.45. The number of fused-ring (bicyclic) bond motifs is 3. The van der Waals surface area contributed by atoms with Crippen LogP contribution in [0, 0.1) is 0 Å². The Morgan fingerprint density at radius 1 is 0.903 bits per heavy atom. The van der Waals surface area contributed by atoms with Gasteiger partial charge in [-0.1, -0.05) is 6.07 Å². The van der Waals surface area contributed by atoms with Crippen molar-refractivity contribution in [2.75, 3.05) is 96.3 Å². The minimum atomic E-state index is -2.79. The Hall–Kier alpha value is -6.82. The predicted octanol–water partition coefficient (Wildman–Crippen LogP) is 3.50. The summed E-state index contributed by atoms with van der Waals surface area (Å²) in [5.74, 6) is -1.90. The van der Waals surface area contributed by atoms with E-state index in [2.05, 4.69) is 31.0 Å². The van der Waals surface area contributed by atoms with Crippen molar-refractivity contribution >= 4 is 52.8 Å². The summed E-state index contributed by atoms with van der Waals surface area (Å²) in [6.45, 7) is 4.92. The van der Waals surface area contributed by atoms with E-state index in [1.807, 2.05) is 11.0 Å². The molecule has 5 aliphatic rings. The van der Waals surface area contributed by atoms with Gasteiger partial charge >= 0.3 is 6.03 Å². The van der Waals surface area contributed by atoms with Gasteiger partial charge in [-0.3, -0.25) is 43.6 Å². The molecule has 384 valence electrons. The van der Waals surface area contributed by atoms with Crippen molar-refractivity contribution in [1.82, 2.24) is 45.3 Å². The lowest BCUT2D eigenvalue weighted by Crippen LogP contribution is -2.54. The second-order valence-electron chi connectivity index (χ2n) is 18.1. The average molecular weight is 1000 g/mol. The molecule has 4 aromatic rings. The first-order chi connectivity index (χ1) is 35.0. The lowest BCUT2D eigenvalue weighted by atomic mass is 9.92. The summed E-state index contributed by atoms with van der Waals surface area (Å²) in [5, 5.41) is 20.3. The maximum absolute atomic E-state index is 15.0. The molecule has 0 bridgehead atoms. The number of alkyl halides is 2. The van der Waals surface area contributed by atoms with Gasteiger partial charge in [-0.05, 0) is 67.5 Å². The first-order valence-corrected chi connectivity index (χ1v) is 24.5. The number of aromatic nitrogens is 4. The number of urea groups is 1. The molecule has 0 aliphatic carbocycles. The minimum absolute atomic E-state index is 0.0389. The molecule has 7 heterocycles. The molecular formula is C49H59F2N11O10. The van der Waals surface area contributed by atoms with Crippen molar-refractivity contribution in [3.8, 4) is 11.1 Å². The second-order valence-corrected chi connectivity index (χ2v) is 18.1. The summed E-state index contributed by atoms with van der Waals surface area (Å²) in [6, 6.07) is 7.15. The monoisotopic (exact) mass is 999 g/mol. The van der Waals surface area contributed by atoms with Crippen LogP contribution in [-0.4, -0.2) is 157 Å². The molecule has 0 saturated carbocycles. The lowest BCUT2D eigenvalue weighted by molar-refractivity contribution is -0.136. The van der Waals surface area contributed by atoms with E-state index >= 15 is 0 Å². The SMILES string of the molecule is CNC(=O)N1CCc2c(c(N3CCCc4cc(-c5cnn(CC(=O)NCCOCCOCCOCCNc6cccc7c6C(=O)N(C6CCC(=O)NC6=O)C7=O)c5)c(C(F)F)cc43)nn2C2CCOCC2)C1. The first kappa shape index (κ1) is 50.1. The quantitative estimate of drug-likeness (QED) is 0.0734. The lowest BCUT2D eigenvalue weighted by Gasteiger charge is -2.33. The number of aryl methyl sites for hydroxylation is 1. The average Bonchev–Trinajstić information content (AvgIpc) is 4.08. The van der Waals surface area contributed by atoms with Crippen LogP contribution in [0.5, 0.6) is 0 Å². The Labute approximate surface area is 413 Å². The van der Waals surface area contributed by atoms with E-state index in [1.165, 1.54) is 16.9 Å². The third kappa shape index (κ3) is 10.8. The number of imide groups is 2. The fraction of sp³-hybridized carbons (Fsp3) is 0.510. The fourth-order valence-electron chi connectivity index (χ4n) is 10.0. The Morgan fingerprint density at radius 2 is 1.67 bits per heavy atom. The van der Waals surface area contributed by atoms with Crippen LogP contribution in [0.2, 0.25) is 0 Å². The van der Waals surface area contributed by atoms with Gasteiger partial charge in [0.15, 0.2) is 5.82 Å². The van der Waals surface area contributed by atoms with Crippen LogP contribution in [0.15, 0.2) is 42.7 Å². The zero-order valence-corrected chi connectivity index (χ0v) is 40.1. The summed E-state index contributed by atoms with van der Waals surface area (Å²) in [7, 11) is 1.61. The highest BCUT2D eigenvalue weighted by Crippen LogP contribution is 2.44. The maximum Gasteiger partial charge on any atom is 0.317 e. The van der Waals surface area contributed by atoms with Crippen LogP contribution in [0.1, 0.15) is 87.7 Å². The molecule has 1 atom stereocenters. The molecule has 72 heavy (non-hydrogen) atoms. The van der Waals surface area contributed by atoms with Gasteiger partial charge in [0.1, 0.15) is 12.6 Å².